The first-order valence-electron chi connectivity index (χ1n) is 6.63. The molecule has 2 N–H and O–H groups in total. The lowest BCUT2D eigenvalue weighted by atomic mass is 9.91. The first-order chi connectivity index (χ1) is 10.2. The predicted molar refractivity (Wildman–Crippen MR) is 80.4 cm³/mol. The highest BCUT2D eigenvalue weighted by Gasteiger charge is 2.25. The summed E-state index contributed by atoms with van der Waals surface area (Å²) in [5.74, 6) is 0.596. The van der Waals surface area contributed by atoms with Crippen LogP contribution in [0.5, 0.6) is 5.75 Å². The van der Waals surface area contributed by atoms with Gasteiger partial charge in [0.1, 0.15) is 11.9 Å². The van der Waals surface area contributed by atoms with E-state index in [4.69, 9.17) is 4.74 Å². The van der Waals surface area contributed by atoms with Crippen molar-refractivity contribution in [2.45, 2.75) is 6.10 Å². The van der Waals surface area contributed by atoms with E-state index in [9.17, 15) is 9.90 Å². The first kappa shape index (κ1) is 13.4. The number of carbonyl (C=O) groups excluding carboxylic acids is 1. The molecule has 0 saturated carbocycles. The van der Waals surface area contributed by atoms with Gasteiger partial charge in [0.25, 0.3) is 0 Å². The Morgan fingerprint density at radius 1 is 1.14 bits per heavy atom. The van der Waals surface area contributed by atoms with Crippen LogP contribution in [0.3, 0.4) is 0 Å². The molecule has 0 spiro atoms. The Bertz CT molecular complexity index is 721. The number of ketones is 1. The van der Waals surface area contributed by atoms with Gasteiger partial charge in [0, 0.05) is 23.4 Å². The first-order valence-corrected chi connectivity index (χ1v) is 6.63. The fourth-order valence-electron chi connectivity index (χ4n) is 2.40. The molecule has 1 aliphatic rings. The quantitative estimate of drug-likeness (QED) is 0.908. The van der Waals surface area contributed by atoms with Crippen LogP contribution in [0.25, 0.3) is 0 Å². The fraction of sp³-hybridized carbons (Fsp3) is 0.118. The van der Waals surface area contributed by atoms with Gasteiger partial charge in [-0.1, -0.05) is 30.3 Å². The molecule has 0 fully saturated rings. The molecular formula is C17H15NO3. The number of aliphatic hydroxyl groups is 1. The van der Waals surface area contributed by atoms with Crippen molar-refractivity contribution in [3.8, 4) is 5.75 Å². The molecule has 0 saturated heterocycles. The van der Waals surface area contributed by atoms with Gasteiger partial charge in [-0.15, -0.1) is 0 Å². The van der Waals surface area contributed by atoms with Crippen LogP contribution >= 0.6 is 0 Å². The van der Waals surface area contributed by atoms with E-state index in [1.165, 1.54) is 6.08 Å². The summed E-state index contributed by atoms with van der Waals surface area (Å²) in [6.07, 6.45) is 0.594. The number of methoxy groups -OCH3 is 1. The number of allylic oxidation sites excluding steroid dienone is 1. The Labute approximate surface area is 122 Å². The van der Waals surface area contributed by atoms with Crippen LogP contribution in [0.2, 0.25) is 0 Å². The maximum atomic E-state index is 12.1. The lowest BCUT2D eigenvalue weighted by Crippen LogP contribution is -2.19. The van der Waals surface area contributed by atoms with Crippen LogP contribution < -0.4 is 10.1 Å². The summed E-state index contributed by atoms with van der Waals surface area (Å²) < 4.78 is 5.16. The molecule has 2 aromatic rings. The van der Waals surface area contributed by atoms with Gasteiger partial charge >= 0.3 is 0 Å². The summed E-state index contributed by atoms with van der Waals surface area (Å²) in [6.45, 7) is 0. The van der Waals surface area contributed by atoms with Crippen molar-refractivity contribution in [3.05, 3.63) is 71.4 Å². The highest BCUT2D eigenvalue weighted by Crippen LogP contribution is 2.31. The third kappa shape index (κ3) is 2.53. The summed E-state index contributed by atoms with van der Waals surface area (Å²) in [5, 5.41) is 13.5. The average Bonchev–Trinajstić information content (AvgIpc) is 2.52. The lowest BCUT2D eigenvalue weighted by molar-refractivity contribution is 0.103. The molecule has 0 aliphatic heterocycles. The van der Waals surface area contributed by atoms with Crippen molar-refractivity contribution in [2.75, 3.05) is 12.4 Å². The second kappa shape index (κ2) is 5.42. The summed E-state index contributed by atoms with van der Waals surface area (Å²) in [4.78, 5) is 12.1. The van der Waals surface area contributed by atoms with Crippen molar-refractivity contribution in [2.24, 2.45) is 0 Å². The van der Waals surface area contributed by atoms with Crippen molar-refractivity contribution >= 4 is 11.5 Å². The molecule has 2 aromatic carbocycles. The van der Waals surface area contributed by atoms with Crippen LogP contribution in [0.4, 0.5) is 5.69 Å². The monoisotopic (exact) mass is 281 g/mol. The maximum absolute atomic E-state index is 12.1. The van der Waals surface area contributed by atoms with Gasteiger partial charge in [0.2, 0.25) is 0 Å². The van der Waals surface area contributed by atoms with E-state index in [0.29, 0.717) is 22.6 Å². The zero-order valence-corrected chi connectivity index (χ0v) is 11.5. The molecule has 0 aromatic heterocycles. The van der Waals surface area contributed by atoms with Gasteiger partial charge in [-0.05, 0) is 17.7 Å². The van der Waals surface area contributed by atoms with Crippen LogP contribution in [-0.2, 0) is 0 Å². The number of hydrogen-bond donors (Lipinski definition) is 2. The Morgan fingerprint density at radius 2 is 1.95 bits per heavy atom. The second-order valence-corrected chi connectivity index (χ2v) is 4.81. The number of hydrogen-bond acceptors (Lipinski definition) is 4. The van der Waals surface area contributed by atoms with E-state index < -0.39 is 6.10 Å². The SMILES string of the molecule is COc1cccc(NC2=CC(=O)c3ccccc3C2O)c1. The van der Waals surface area contributed by atoms with Gasteiger partial charge < -0.3 is 15.2 Å². The molecule has 21 heavy (non-hydrogen) atoms. The van der Waals surface area contributed by atoms with Gasteiger partial charge in [0.05, 0.1) is 12.8 Å². The van der Waals surface area contributed by atoms with E-state index >= 15 is 0 Å². The number of nitrogens with one attached hydrogen (secondary N) is 1. The summed E-state index contributed by atoms with van der Waals surface area (Å²) in [5.41, 5.74) is 2.38. The molecule has 4 nitrogen and oxygen atoms in total. The van der Waals surface area contributed by atoms with Gasteiger partial charge in [0.15, 0.2) is 5.78 Å². The molecular weight excluding hydrogens is 266 g/mol. The third-order valence-corrected chi connectivity index (χ3v) is 3.46. The predicted octanol–water partition coefficient (Wildman–Crippen LogP) is 2.92. The number of rotatable bonds is 3. The van der Waals surface area contributed by atoms with Crippen molar-refractivity contribution in [1.82, 2.24) is 0 Å². The summed E-state index contributed by atoms with van der Waals surface area (Å²) in [6, 6.07) is 14.4. The smallest absolute Gasteiger partial charge is 0.188 e. The number of aliphatic hydroxyl groups excluding tert-OH is 1. The molecule has 1 aliphatic carbocycles. The van der Waals surface area contributed by atoms with Crippen LogP contribution in [0.1, 0.15) is 22.0 Å². The van der Waals surface area contributed by atoms with E-state index in [1.54, 1.807) is 31.4 Å². The van der Waals surface area contributed by atoms with E-state index in [1.807, 2.05) is 24.3 Å². The summed E-state index contributed by atoms with van der Waals surface area (Å²) in [7, 11) is 1.59. The molecule has 0 heterocycles. The fourth-order valence-corrected chi connectivity index (χ4v) is 2.40. The minimum atomic E-state index is -0.842. The number of anilines is 1. The Morgan fingerprint density at radius 3 is 2.76 bits per heavy atom. The molecule has 0 bridgehead atoms. The molecule has 1 unspecified atom stereocenters. The molecule has 4 heteroatoms. The van der Waals surface area contributed by atoms with Crippen molar-refractivity contribution < 1.29 is 14.6 Å². The zero-order chi connectivity index (χ0) is 14.8. The molecule has 0 amide bonds. The number of ether oxygens (including phenoxy) is 1. The standard InChI is InChI=1S/C17H15NO3/c1-21-12-6-4-5-11(9-12)18-15-10-16(19)13-7-2-3-8-14(13)17(15)20/h2-10,17-18,20H,1H3. The number of carbonyl (C=O) groups is 1. The third-order valence-electron chi connectivity index (χ3n) is 3.46. The van der Waals surface area contributed by atoms with Crippen molar-refractivity contribution in [1.29, 1.82) is 0 Å². The van der Waals surface area contributed by atoms with Crippen LogP contribution in [0.15, 0.2) is 60.3 Å². The van der Waals surface area contributed by atoms with E-state index in [0.717, 1.165) is 5.69 Å². The molecule has 106 valence electrons. The topological polar surface area (TPSA) is 58.6 Å². The van der Waals surface area contributed by atoms with Crippen LogP contribution in [-0.4, -0.2) is 18.0 Å². The highest BCUT2D eigenvalue weighted by atomic mass is 16.5. The average molecular weight is 281 g/mol. The van der Waals surface area contributed by atoms with Crippen molar-refractivity contribution in [3.63, 3.8) is 0 Å². The Balaban J connectivity index is 1.91. The van der Waals surface area contributed by atoms with Gasteiger partial charge in [-0.3, -0.25) is 4.79 Å². The largest absolute Gasteiger partial charge is 0.497 e. The minimum absolute atomic E-state index is 0.110. The number of fused-ring (bicyclic) bond motifs is 1. The summed E-state index contributed by atoms with van der Waals surface area (Å²) >= 11 is 0. The Kier molecular flexibility index (Phi) is 3.46. The zero-order valence-electron chi connectivity index (χ0n) is 11.5. The van der Waals surface area contributed by atoms with E-state index in [2.05, 4.69) is 5.32 Å². The minimum Gasteiger partial charge on any atom is -0.497 e. The highest BCUT2D eigenvalue weighted by molar-refractivity contribution is 6.07. The van der Waals surface area contributed by atoms with E-state index in [-0.39, 0.29) is 5.78 Å². The van der Waals surface area contributed by atoms with Crippen LogP contribution in [0, 0.1) is 0 Å². The van der Waals surface area contributed by atoms with Gasteiger partial charge in [-0.25, -0.2) is 0 Å². The second-order valence-electron chi connectivity index (χ2n) is 4.81. The maximum Gasteiger partial charge on any atom is 0.188 e. The van der Waals surface area contributed by atoms with Gasteiger partial charge in [-0.2, -0.15) is 0 Å². The Hall–Kier alpha value is -2.59. The molecule has 1 atom stereocenters. The molecule has 3 rings (SSSR count). The molecule has 0 radical (unpaired) electrons. The lowest BCUT2D eigenvalue weighted by Gasteiger charge is -2.23. The number of benzene rings is 2. The normalized spacial score (nSPS) is 17.0.